The first kappa shape index (κ1) is 12.0. The molecule has 1 N–H and O–H groups in total. The van der Waals surface area contributed by atoms with E-state index in [1.807, 2.05) is 0 Å². The number of rotatable bonds is 4. The zero-order valence-corrected chi connectivity index (χ0v) is 9.71. The van der Waals surface area contributed by atoms with Crippen LogP contribution in [0.5, 0.6) is 0 Å². The van der Waals surface area contributed by atoms with Crippen LogP contribution in [0, 0.1) is 6.92 Å². The van der Waals surface area contributed by atoms with Crippen molar-refractivity contribution in [2.45, 2.75) is 6.92 Å². The first-order valence-corrected chi connectivity index (χ1v) is 5.33. The van der Waals surface area contributed by atoms with Crippen LogP contribution in [0.15, 0.2) is 28.8 Å². The summed E-state index contributed by atoms with van der Waals surface area (Å²) in [5.74, 6) is 0.670. The zero-order valence-electron chi connectivity index (χ0n) is 9.71. The minimum Gasteiger partial charge on any atom is -0.345 e. The molecular weight excluding hydrogens is 234 g/mol. The number of amides is 1. The Morgan fingerprint density at radius 3 is 2.67 bits per heavy atom. The van der Waals surface area contributed by atoms with Gasteiger partial charge in [0, 0.05) is 18.1 Å². The Hall–Kier alpha value is -2.50. The lowest BCUT2D eigenvalue weighted by Gasteiger charge is -2.01. The molecular formula is C12H11N3O3. The molecule has 0 aliphatic rings. The molecule has 0 spiro atoms. The van der Waals surface area contributed by atoms with Crippen LogP contribution in [0.3, 0.4) is 0 Å². The number of aromatic nitrogens is 2. The maximum Gasteiger partial charge on any atom is 0.251 e. The number of aryl methyl sites for hydroxylation is 1. The van der Waals surface area contributed by atoms with Crippen molar-refractivity contribution in [3.8, 4) is 11.4 Å². The summed E-state index contributed by atoms with van der Waals surface area (Å²) in [6, 6.07) is 6.72. The van der Waals surface area contributed by atoms with Gasteiger partial charge in [-0.2, -0.15) is 4.98 Å². The lowest BCUT2D eigenvalue weighted by Crippen LogP contribution is -2.24. The fourth-order valence-electron chi connectivity index (χ4n) is 1.42. The molecule has 1 aromatic heterocycles. The van der Waals surface area contributed by atoms with E-state index in [9.17, 15) is 9.59 Å². The molecule has 0 atom stereocenters. The van der Waals surface area contributed by atoms with Gasteiger partial charge < -0.3 is 14.6 Å². The van der Waals surface area contributed by atoms with Crippen LogP contribution in [0.25, 0.3) is 11.4 Å². The molecule has 0 fully saturated rings. The fraction of sp³-hybridized carbons (Fsp3) is 0.167. The summed E-state index contributed by atoms with van der Waals surface area (Å²) in [6.07, 6.45) is 0.633. The topological polar surface area (TPSA) is 85.1 Å². The average Bonchev–Trinajstić information content (AvgIpc) is 2.83. The van der Waals surface area contributed by atoms with Crippen molar-refractivity contribution < 1.29 is 14.1 Å². The summed E-state index contributed by atoms with van der Waals surface area (Å²) in [5, 5.41) is 6.23. The minimum absolute atomic E-state index is 0.00458. The van der Waals surface area contributed by atoms with Crippen LogP contribution in [0.4, 0.5) is 0 Å². The van der Waals surface area contributed by atoms with Crippen molar-refractivity contribution in [3.05, 3.63) is 35.7 Å². The Morgan fingerprint density at radius 1 is 1.39 bits per heavy atom. The molecule has 0 aliphatic carbocycles. The van der Waals surface area contributed by atoms with E-state index >= 15 is 0 Å². The van der Waals surface area contributed by atoms with Gasteiger partial charge in [-0.1, -0.05) is 17.3 Å². The summed E-state index contributed by atoms with van der Waals surface area (Å²) in [6.45, 7) is 1.71. The van der Waals surface area contributed by atoms with Gasteiger partial charge in [0.25, 0.3) is 5.91 Å². The molecule has 2 aromatic rings. The van der Waals surface area contributed by atoms with Gasteiger partial charge in [-0.05, 0) is 12.1 Å². The third kappa shape index (κ3) is 2.60. The quantitative estimate of drug-likeness (QED) is 0.811. The average molecular weight is 245 g/mol. The van der Waals surface area contributed by atoms with E-state index in [-0.39, 0.29) is 12.5 Å². The number of nitrogens with zero attached hydrogens (tertiary/aromatic N) is 2. The highest BCUT2D eigenvalue weighted by molar-refractivity contribution is 5.95. The van der Waals surface area contributed by atoms with Gasteiger partial charge in [-0.25, -0.2) is 0 Å². The van der Waals surface area contributed by atoms with Gasteiger partial charge in [0.05, 0.1) is 6.54 Å². The number of hydrogen-bond donors (Lipinski definition) is 1. The van der Waals surface area contributed by atoms with E-state index in [1.54, 1.807) is 31.2 Å². The minimum atomic E-state index is -0.294. The Bertz CT molecular complexity index is 560. The van der Waals surface area contributed by atoms with E-state index in [2.05, 4.69) is 15.5 Å². The van der Waals surface area contributed by atoms with E-state index < -0.39 is 0 Å². The van der Waals surface area contributed by atoms with Gasteiger partial charge in [0.2, 0.25) is 11.7 Å². The molecule has 1 heterocycles. The first-order chi connectivity index (χ1) is 8.70. The van der Waals surface area contributed by atoms with Gasteiger partial charge in [-0.3, -0.25) is 4.79 Å². The van der Waals surface area contributed by atoms with Gasteiger partial charge in [0.15, 0.2) is 0 Å². The Balaban J connectivity index is 2.15. The van der Waals surface area contributed by atoms with Crippen LogP contribution in [-0.4, -0.2) is 28.9 Å². The highest BCUT2D eigenvalue weighted by Crippen LogP contribution is 2.16. The predicted molar refractivity (Wildman–Crippen MR) is 62.9 cm³/mol. The van der Waals surface area contributed by atoms with E-state index in [0.29, 0.717) is 23.6 Å². The number of carbonyl (C=O) groups is 2. The third-order valence-electron chi connectivity index (χ3n) is 2.28. The van der Waals surface area contributed by atoms with Crippen molar-refractivity contribution in [1.29, 1.82) is 0 Å². The molecule has 92 valence electrons. The maximum absolute atomic E-state index is 11.5. The summed E-state index contributed by atoms with van der Waals surface area (Å²) >= 11 is 0. The van der Waals surface area contributed by atoms with Crippen LogP contribution >= 0.6 is 0 Å². The number of aldehydes is 1. The number of hydrogen-bond acceptors (Lipinski definition) is 5. The van der Waals surface area contributed by atoms with Crippen LogP contribution in [0.1, 0.15) is 16.2 Å². The number of nitrogens with one attached hydrogen (secondary N) is 1. The van der Waals surface area contributed by atoms with Crippen molar-refractivity contribution >= 4 is 12.2 Å². The Kier molecular flexibility index (Phi) is 3.47. The molecule has 0 radical (unpaired) electrons. The van der Waals surface area contributed by atoms with Crippen molar-refractivity contribution in [1.82, 2.24) is 15.5 Å². The third-order valence-corrected chi connectivity index (χ3v) is 2.28. The van der Waals surface area contributed by atoms with Crippen molar-refractivity contribution in [2.24, 2.45) is 0 Å². The Morgan fingerprint density at radius 2 is 2.11 bits per heavy atom. The summed E-state index contributed by atoms with van der Waals surface area (Å²) in [4.78, 5) is 25.8. The van der Waals surface area contributed by atoms with Gasteiger partial charge >= 0.3 is 0 Å². The summed E-state index contributed by atoms with van der Waals surface area (Å²) < 4.78 is 4.87. The first-order valence-electron chi connectivity index (χ1n) is 5.33. The molecule has 1 amide bonds. The standard InChI is InChI=1S/C12H11N3O3/c1-8-14-11(15-18-8)9-2-4-10(5-3-9)12(17)13-6-7-16/h2-5,7H,6H2,1H3,(H,13,17). The normalized spacial score (nSPS) is 10.1. The van der Waals surface area contributed by atoms with Crippen molar-refractivity contribution in [2.75, 3.05) is 6.54 Å². The monoisotopic (exact) mass is 245 g/mol. The molecule has 0 saturated carbocycles. The summed E-state index contributed by atoms with van der Waals surface area (Å²) in [5.41, 5.74) is 1.24. The van der Waals surface area contributed by atoms with E-state index in [1.165, 1.54) is 0 Å². The van der Waals surface area contributed by atoms with Gasteiger partial charge in [0.1, 0.15) is 6.29 Å². The second-order valence-corrected chi connectivity index (χ2v) is 3.59. The molecule has 18 heavy (non-hydrogen) atoms. The maximum atomic E-state index is 11.5. The highest BCUT2D eigenvalue weighted by atomic mass is 16.5. The highest BCUT2D eigenvalue weighted by Gasteiger charge is 2.08. The lowest BCUT2D eigenvalue weighted by atomic mass is 10.1. The smallest absolute Gasteiger partial charge is 0.251 e. The van der Waals surface area contributed by atoms with Crippen LogP contribution < -0.4 is 5.32 Å². The molecule has 0 saturated heterocycles. The molecule has 2 rings (SSSR count). The van der Waals surface area contributed by atoms with Gasteiger partial charge in [-0.15, -0.1) is 0 Å². The van der Waals surface area contributed by atoms with E-state index in [0.717, 1.165) is 5.56 Å². The van der Waals surface area contributed by atoms with Crippen LogP contribution in [-0.2, 0) is 4.79 Å². The SMILES string of the molecule is Cc1nc(-c2ccc(C(=O)NCC=O)cc2)no1. The number of benzene rings is 1. The second-order valence-electron chi connectivity index (χ2n) is 3.59. The fourth-order valence-corrected chi connectivity index (χ4v) is 1.42. The van der Waals surface area contributed by atoms with Crippen LogP contribution in [0.2, 0.25) is 0 Å². The predicted octanol–water partition coefficient (Wildman–Crippen LogP) is 0.974. The molecule has 0 aliphatic heterocycles. The summed E-state index contributed by atoms with van der Waals surface area (Å²) in [7, 11) is 0. The van der Waals surface area contributed by atoms with E-state index in [4.69, 9.17) is 4.52 Å². The molecule has 0 unspecified atom stereocenters. The zero-order chi connectivity index (χ0) is 13.0. The molecule has 0 bridgehead atoms. The Labute approximate surface area is 103 Å². The molecule has 6 heteroatoms. The molecule has 1 aromatic carbocycles. The number of carbonyl (C=O) groups excluding carboxylic acids is 2. The molecule has 6 nitrogen and oxygen atoms in total. The lowest BCUT2D eigenvalue weighted by molar-refractivity contribution is -0.107. The largest absolute Gasteiger partial charge is 0.345 e. The second kappa shape index (κ2) is 5.22. The van der Waals surface area contributed by atoms with Crippen molar-refractivity contribution in [3.63, 3.8) is 0 Å².